The predicted molar refractivity (Wildman–Crippen MR) is 74.9 cm³/mol. The number of halogens is 1. The zero-order chi connectivity index (χ0) is 12.7. The lowest BCUT2D eigenvalue weighted by Crippen LogP contribution is -2.18. The Bertz CT molecular complexity index is 310. The maximum Gasteiger partial charge on any atom is 0.331 e. The molecule has 0 aromatic heterocycles. The lowest BCUT2D eigenvalue weighted by Gasteiger charge is -2.19. The van der Waals surface area contributed by atoms with Gasteiger partial charge in [-0.25, -0.2) is 4.79 Å². The zero-order valence-corrected chi connectivity index (χ0v) is 12.4. The topological polar surface area (TPSA) is 43.4 Å². The van der Waals surface area contributed by atoms with E-state index >= 15 is 0 Å². The number of ketones is 1. The maximum atomic E-state index is 11.6. The van der Waals surface area contributed by atoms with Crippen molar-refractivity contribution in [3.05, 3.63) is 9.66 Å². The van der Waals surface area contributed by atoms with Crippen LogP contribution >= 0.6 is 22.6 Å². The Hall–Kier alpha value is -0.390. The fourth-order valence-electron chi connectivity index (χ4n) is 2.14. The Morgan fingerprint density at radius 2 is 2.29 bits per heavy atom. The van der Waals surface area contributed by atoms with Gasteiger partial charge >= 0.3 is 5.97 Å². The zero-order valence-electron chi connectivity index (χ0n) is 10.2. The summed E-state index contributed by atoms with van der Waals surface area (Å²) in [6, 6.07) is 0. The SMILES string of the molecule is COC(=O)/C=C(\I)CCCC1CCCCC1=O. The quantitative estimate of drug-likeness (QED) is 0.434. The normalized spacial score (nSPS) is 21.4. The first kappa shape index (κ1) is 14.7. The van der Waals surface area contributed by atoms with Gasteiger partial charge in [0.25, 0.3) is 0 Å². The van der Waals surface area contributed by atoms with Crippen LogP contribution in [0.1, 0.15) is 44.9 Å². The molecular weight excluding hydrogens is 331 g/mol. The summed E-state index contributed by atoms with van der Waals surface area (Å²) < 4.78 is 5.56. The molecule has 0 aliphatic heterocycles. The van der Waals surface area contributed by atoms with E-state index in [0.29, 0.717) is 5.78 Å². The van der Waals surface area contributed by atoms with Crippen molar-refractivity contribution in [3.8, 4) is 0 Å². The van der Waals surface area contributed by atoms with Crippen molar-refractivity contribution in [1.82, 2.24) is 0 Å². The van der Waals surface area contributed by atoms with E-state index in [0.717, 1.165) is 42.1 Å². The standard InChI is InChI=1S/C13H19IO3/c1-17-13(16)9-11(14)7-4-6-10-5-2-3-8-12(10)15/h9-10H,2-8H2,1H3/b11-9-. The lowest BCUT2D eigenvalue weighted by molar-refractivity contribution is -0.134. The van der Waals surface area contributed by atoms with Gasteiger partial charge in [-0.2, -0.15) is 0 Å². The van der Waals surface area contributed by atoms with E-state index < -0.39 is 0 Å². The summed E-state index contributed by atoms with van der Waals surface area (Å²) in [5, 5.41) is 0. The third-order valence-electron chi connectivity index (χ3n) is 3.12. The van der Waals surface area contributed by atoms with Crippen molar-refractivity contribution in [2.45, 2.75) is 44.9 Å². The number of hydrogen-bond acceptors (Lipinski definition) is 3. The molecule has 0 bridgehead atoms. The molecule has 1 aliphatic rings. The predicted octanol–water partition coefficient (Wildman–Crippen LogP) is 3.41. The van der Waals surface area contributed by atoms with E-state index in [9.17, 15) is 9.59 Å². The molecule has 0 amide bonds. The van der Waals surface area contributed by atoms with Gasteiger partial charge in [-0.15, -0.1) is 0 Å². The molecule has 1 saturated carbocycles. The van der Waals surface area contributed by atoms with E-state index in [-0.39, 0.29) is 11.9 Å². The minimum atomic E-state index is -0.303. The molecule has 1 fully saturated rings. The molecule has 96 valence electrons. The minimum Gasteiger partial charge on any atom is -0.466 e. The highest BCUT2D eigenvalue weighted by Crippen LogP contribution is 2.26. The molecule has 0 aromatic rings. The third kappa shape index (κ3) is 5.66. The fourth-order valence-corrected chi connectivity index (χ4v) is 2.77. The summed E-state index contributed by atoms with van der Waals surface area (Å²) in [5.41, 5.74) is 0. The molecule has 1 aliphatic carbocycles. The first-order valence-electron chi connectivity index (χ1n) is 6.10. The number of Topliss-reactive ketones (excluding diaryl/α,β-unsaturated/α-hetero) is 1. The highest BCUT2D eigenvalue weighted by Gasteiger charge is 2.21. The van der Waals surface area contributed by atoms with Gasteiger partial charge in [-0.05, 0) is 58.3 Å². The molecule has 1 rings (SSSR count). The van der Waals surface area contributed by atoms with Crippen molar-refractivity contribution in [1.29, 1.82) is 0 Å². The van der Waals surface area contributed by atoms with E-state index in [1.165, 1.54) is 19.6 Å². The van der Waals surface area contributed by atoms with E-state index in [4.69, 9.17) is 0 Å². The van der Waals surface area contributed by atoms with Gasteiger partial charge in [0, 0.05) is 18.4 Å². The van der Waals surface area contributed by atoms with Crippen LogP contribution in [-0.2, 0) is 14.3 Å². The second-order valence-electron chi connectivity index (χ2n) is 4.42. The number of hydrogen-bond donors (Lipinski definition) is 0. The second kappa shape index (κ2) is 7.84. The number of allylic oxidation sites excluding steroid dienone is 1. The minimum absolute atomic E-state index is 0.270. The van der Waals surface area contributed by atoms with Gasteiger partial charge < -0.3 is 4.74 Å². The molecule has 0 spiro atoms. The van der Waals surface area contributed by atoms with Crippen molar-refractivity contribution in [2.75, 3.05) is 7.11 Å². The average Bonchev–Trinajstić information content (AvgIpc) is 2.31. The van der Waals surface area contributed by atoms with Gasteiger partial charge in [0.2, 0.25) is 0 Å². The maximum absolute atomic E-state index is 11.6. The monoisotopic (exact) mass is 350 g/mol. The summed E-state index contributed by atoms with van der Waals surface area (Å²) in [7, 11) is 1.38. The second-order valence-corrected chi connectivity index (χ2v) is 5.80. The highest BCUT2D eigenvalue weighted by atomic mass is 127. The molecule has 17 heavy (non-hydrogen) atoms. The molecule has 0 heterocycles. The van der Waals surface area contributed by atoms with Gasteiger partial charge in [0.1, 0.15) is 5.78 Å². The lowest BCUT2D eigenvalue weighted by atomic mass is 9.84. The number of ether oxygens (including phenoxy) is 1. The summed E-state index contributed by atoms with van der Waals surface area (Å²) in [5.74, 6) is 0.400. The molecule has 0 aromatic carbocycles. The van der Waals surface area contributed by atoms with Crippen LogP contribution in [0.15, 0.2) is 9.66 Å². The number of carbonyl (C=O) groups is 2. The molecule has 4 heteroatoms. The van der Waals surface area contributed by atoms with Crippen LogP contribution in [0.3, 0.4) is 0 Å². The van der Waals surface area contributed by atoms with Crippen LogP contribution in [-0.4, -0.2) is 18.9 Å². The van der Waals surface area contributed by atoms with Gasteiger partial charge in [0.05, 0.1) is 7.11 Å². The summed E-state index contributed by atoms with van der Waals surface area (Å²) in [6.45, 7) is 0. The summed E-state index contributed by atoms with van der Waals surface area (Å²) >= 11 is 2.15. The number of carbonyl (C=O) groups excluding carboxylic acids is 2. The summed E-state index contributed by atoms with van der Waals surface area (Å²) in [6.07, 6.45) is 8.38. The van der Waals surface area contributed by atoms with Gasteiger partial charge in [-0.3, -0.25) is 4.79 Å². The average molecular weight is 350 g/mol. The largest absolute Gasteiger partial charge is 0.466 e. The van der Waals surface area contributed by atoms with Gasteiger partial charge in [0.15, 0.2) is 0 Å². The van der Waals surface area contributed by atoms with Crippen molar-refractivity contribution in [2.24, 2.45) is 5.92 Å². The smallest absolute Gasteiger partial charge is 0.331 e. The molecule has 0 radical (unpaired) electrons. The number of esters is 1. The Kier molecular flexibility index (Phi) is 6.77. The Morgan fingerprint density at radius 3 is 2.94 bits per heavy atom. The molecule has 0 N–H and O–H groups in total. The number of rotatable bonds is 5. The Labute approximate surface area is 116 Å². The number of methoxy groups -OCH3 is 1. The van der Waals surface area contributed by atoms with Crippen LogP contribution in [0.4, 0.5) is 0 Å². The first-order valence-corrected chi connectivity index (χ1v) is 7.18. The molecule has 1 unspecified atom stereocenters. The fraction of sp³-hybridized carbons (Fsp3) is 0.692. The van der Waals surface area contributed by atoms with Crippen LogP contribution in [0.2, 0.25) is 0 Å². The summed E-state index contributed by atoms with van der Waals surface area (Å²) in [4.78, 5) is 22.6. The van der Waals surface area contributed by atoms with Crippen LogP contribution in [0, 0.1) is 5.92 Å². The molecule has 1 atom stereocenters. The molecular formula is C13H19IO3. The van der Waals surface area contributed by atoms with Crippen LogP contribution < -0.4 is 0 Å². The van der Waals surface area contributed by atoms with E-state index in [1.54, 1.807) is 0 Å². The molecule has 3 nitrogen and oxygen atoms in total. The molecule has 0 saturated heterocycles. The first-order chi connectivity index (χ1) is 8.13. The van der Waals surface area contributed by atoms with E-state index in [2.05, 4.69) is 27.3 Å². The van der Waals surface area contributed by atoms with Crippen LogP contribution in [0.5, 0.6) is 0 Å². The van der Waals surface area contributed by atoms with Crippen molar-refractivity contribution < 1.29 is 14.3 Å². The highest BCUT2D eigenvalue weighted by molar-refractivity contribution is 14.1. The van der Waals surface area contributed by atoms with E-state index in [1.807, 2.05) is 0 Å². The Balaban J connectivity index is 2.25. The Morgan fingerprint density at radius 1 is 1.53 bits per heavy atom. The third-order valence-corrected chi connectivity index (χ3v) is 3.98. The van der Waals surface area contributed by atoms with Crippen LogP contribution in [0.25, 0.3) is 0 Å². The van der Waals surface area contributed by atoms with Gasteiger partial charge in [-0.1, -0.05) is 6.42 Å². The van der Waals surface area contributed by atoms with Crippen molar-refractivity contribution in [3.63, 3.8) is 0 Å². The van der Waals surface area contributed by atoms with Crippen molar-refractivity contribution >= 4 is 34.3 Å².